The van der Waals surface area contributed by atoms with E-state index in [1.807, 2.05) is 0 Å². The zero-order valence-corrected chi connectivity index (χ0v) is 18.1. The van der Waals surface area contributed by atoms with E-state index in [4.69, 9.17) is 23.8 Å². The Hall–Kier alpha value is -3.17. The van der Waals surface area contributed by atoms with Crippen molar-refractivity contribution in [1.82, 2.24) is 0 Å². The molecule has 2 heterocycles. The highest BCUT2D eigenvalue weighted by Crippen LogP contribution is 2.60. The maximum Gasteiger partial charge on any atom is 0.536 e. The molecule has 13 heteroatoms. The fourth-order valence-corrected chi connectivity index (χ4v) is 5.57. The molecule has 11 nitrogen and oxygen atoms in total. The summed E-state index contributed by atoms with van der Waals surface area (Å²) in [7, 11) is -10.5. The van der Waals surface area contributed by atoms with Crippen LogP contribution < -0.4 is 9.26 Å². The molecule has 5 rings (SSSR count). The fraction of sp³-hybridized carbons (Fsp3) is 0.0500. The van der Waals surface area contributed by atoms with Gasteiger partial charge in [0.25, 0.3) is 0 Å². The molecule has 0 saturated heterocycles. The minimum Gasteiger partial charge on any atom is -0.508 e. The Kier molecular flexibility index (Phi) is 4.70. The molecule has 3 aromatic carbocycles. The molecule has 0 aliphatic carbocycles. The second kappa shape index (κ2) is 7.16. The molecule has 0 amide bonds. The first-order valence-electron chi connectivity index (χ1n) is 9.26. The van der Waals surface area contributed by atoms with E-state index in [-0.39, 0.29) is 23.0 Å². The van der Waals surface area contributed by atoms with Crippen LogP contribution in [0.25, 0.3) is 0 Å². The molecule has 1 spiro atoms. The summed E-state index contributed by atoms with van der Waals surface area (Å²) in [6.07, 6.45) is 0. The smallest absolute Gasteiger partial charge is 0.508 e. The molecule has 0 saturated carbocycles. The highest BCUT2D eigenvalue weighted by atomic mass is 31.3. The lowest BCUT2D eigenvalue weighted by molar-refractivity contribution is 0.0224. The Bertz CT molecular complexity index is 1410. The number of rotatable bonds is 4. The van der Waals surface area contributed by atoms with Gasteiger partial charge in [0.05, 0.1) is 5.56 Å². The third kappa shape index (κ3) is 3.61. The van der Waals surface area contributed by atoms with Crippen LogP contribution in [-0.4, -0.2) is 25.8 Å². The number of hydrogen-bond acceptors (Lipinski definition) is 8. The van der Waals surface area contributed by atoms with Crippen LogP contribution >= 0.6 is 15.6 Å². The second-order valence-corrected chi connectivity index (χ2v) is 9.94. The first kappa shape index (κ1) is 21.7. The van der Waals surface area contributed by atoms with Gasteiger partial charge in [-0.25, -0.2) is 13.9 Å². The van der Waals surface area contributed by atoms with Crippen molar-refractivity contribution in [3.8, 4) is 23.0 Å². The van der Waals surface area contributed by atoms with Gasteiger partial charge in [-0.1, -0.05) is 18.2 Å². The van der Waals surface area contributed by atoms with Crippen molar-refractivity contribution in [3.63, 3.8) is 0 Å². The van der Waals surface area contributed by atoms with Crippen LogP contribution in [0.3, 0.4) is 0 Å². The molecule has 2 atom stereocenters. The van der Waals surface area contributed by atoms with Crippen LogP contribution in [0.5, 0.6) is 23.0 Å². The summed E-state index contributed by atoms with van der Waals surface area (Å²) in [6.45, 7) is 0. The maximum atomic E-state index is 12.7. The van der Waals surface area contributed by atoms with Gasteiger partial charge in [-0.3, -0.25) is 4.89 Å². The number of aromatic hydroxyl groups is 1. The van der Waals surface area contributed by atoms with Crippen LogP contribution in [0.2, 0.25) is 0 Å². The normalized spacial score (nSPS) is 20.2. The molecule has 2 aliphatic heterocycles. The minimum absolute atomic E-state index is 0.0475. The van der Waals surface area contributed by atoms with Crippen LogP contribution in [0.1, 0.15) is 27.0 Å². The third-order valence-corrected chi connectivity index (χ3v) is 7.22. The Morgan fingerprint density at radius 1 is 0.848 bits per heavy atom. The van der Waals surface area contributed by atoms with E-state index in [9.17, 15) is 23.9 Å². The van der Waals surface area contributed by atoms with Gasteiger partial charge in [0.15, 0.2) is 5.60 Å². The molecular weight excluding hydrogens is 478 g/mol. The van der Waals surface area contributed by atoms with Gasteiger partial charge in [0.1, 0.15) is 23.0 Å². The number of hydrogen-bond donors (Lipinski definition) is 4. The number of esters is 1. The summed E-state index contributed by atoms with van der Waals surface area (Å²) in [6, 6.07) is 14.9. The summed E-state index contributed by atoms with van der Waals surface area (Å²) in [4.78, 5) is 40.0. The molecule has 2 aliphatic rings. The lowest BCUT2D eigenvalue weighted by Crippen LogP contribution is -2.32. The number of phenolic OH excluding ortho intramolecular Hbond substituents is 1. The minimum atomic E-state index is -5.32. The zero-order valence-electron chi connectivity index (χ0n) is 16.3. The number of ether oxygens (including phenoxy) is 2. The number of fused-ring (bicyclic) bond motifs is 6. The van der Waals surface area contributed by atoms with E-state index in [1.165, 1.54) is 30.3 Å². The Balaban J connectivity index is 1.67. The number of benzene rings is 3. The van der Waals surface area contributed by atoms with Gasteiger partial charge in [-0.15, -0.1) is 0 Å². The SMILES string of the molecule is O=C1O[C@]2(c3ccc(O)cc3Oc3cc(OP(=O)(O)OP(=O)(O)O)ccc32)c2ccccc21. The van der Waals surface area contributed by atoms with Crippen LogP contribution in [0.15, 0.2) is 60.7 Å². The van der Waals surface area contributed by atoms with Crippen LogP contribution in [0.4, 0.5) is 0 Å². The summed E-state index contributed by atoms with van der Waals surface area (Å²) in [5.41, 5.74) is 0.221. The standard InChI is InChI=1S/C20H14O11P2/c21-11-5-7-15-17(9-11)28-18-10-12(30-33(26,27)31-32(23,24)25)6-8-16(18)20(15)14-4-2-1-3-13(14)19(22)29-20/h1-10,21H,(H,26,27)(H2,23,24,25)/t20-/m0/s1. The van der Waals surface area contributed by atoms with Crippen molar-refractivity contribution in [2.75, 3.05) is 0 Å². The Morgan fingerprint density at radius 3 is 2.24 bits per heavy atom. The number of carbonyl (C=O) groups excluding carboxylic acids is 1. The van der Waals surface area contributed by atoms with Gasteiger partial charge >= 0.3 is 21.6 Å². The van der Waals surface area contributed by atoms with E-state index in [1.54, 1.807) is 30.3 Å². The number of phenols is 1. The lowest BCUT2D eigenvalue weighted by Gasteiger charge is -2.36. The van der Waals surface area contributed by atoms with Crippen molar-refractivity contribution in [2.45, 2.75) is 5.60 Å². The zero-order chi connectivity index (χ0) is 23.6. The molecular formula is C20H14O11P2. The van der Waals surface area contributed by atoms with Gasteiger partial charge < -0.3 is 28.9 Å². The molecule has 33 heavy (non-hydrogen) atoms. The summed E-state index contributed by atoms with van der Waals surface area (Å²) < 4.78 is 43.2. The molecule has 0 fully saturated rings. The quantitative estimate of drug-likeness (QED) is 0.310. The Morgan fingerprint density at radius 2 is 1.52 bits per heavy atom. The predicted octanol–water partition coefficient (Wildman–Crippen LogP) is 3.55. The molecule has 0 radical (unpaired) electrons. The Labute approximate surface area is 185 Å². The number of carbonyl (C=O) groups is 1. The summed E-state index contributed by atoms with van der Waals surface area (Å²) in [5.74, 6) is -0.807. The van der Waals surface area contributed by atoms with Gasteiger partial charge in [-0.05, 0) is 30.3 Å². The highest BCUT2D eigenvalue weighted by Gasteiger charge is 2.53. The average Bonchev–Trinajstić information content (AvgIpc) is 2.99. The lowest BCUT2D eigenvalue weighted by atomic mass is 9.77. The van der Waals surface area contributed by atoms with Crippen molar-refractivity contribution in [2.24, 2.45) is 0 Å². The van der Waals surface area contributed by atoms with E-state index in [2.05, 4.69) is 4.31 Å². The number of phosphoric ester groups is 1. The molecule has 170 valence electrons. The molecule has 3 aromatic rings. The van der Waals surface area contributed by atoms with Crippen LogP contribution in [0, 0.1) is 0 Å². The van der Waals surface area contributed by atoms with E-state index in [0.29, 0.717) is 22.3 Å². The van der Waals surface area contributed by atoms with Crippen LogP contribution in [-0.2, 0) is 23.8 Å². The first-order valence-corrected chi connectivity index (χ1v) is 12.3. The predicted molar refractivity (Wildman–Crippen MR) is 110 cm³/mol. The van der Waals surface area contributed by atoms with Gasteiger partial charge in [0.2, 0.25) is 0 Å². The van der Waals surface area contributed by atoms with E-state index in [0.717, 1.165) is 0 Å². The number of phosphoric acid groups is 2. The van der Waals surface area contributed by atoms with Crippen molar-refractivity contribution in [1.29, 1.82) is 0 Å². The molecule has 1 unspecified atom stereocenters. The average molecular weight is 492 g/mol. The second-order valence-electron chi connectivity index (χ2n) is 7.19. The summed E-state index contributed by atoms with van der Waals surface area (Å²) in [5, 5.41) is 9.96. The first-order chi connectivity index (χ1) is 15.5. The monoisotopic (exact) mass is 492 g/mol. The fourth-order valence-electron chi connectivity index (χ4n) is 3.99. The molecule has 4 N–H and O–H groups in total. The highest BCUT2D eigenvalue weighted by molar-refractivity contribution is 7.60. The largest absolute Gasteiger partial charge is 0.536 e. The topological polar surface area (TPSA) is 169 Å². The van der Waals surface area contributed by atoms with E-state index < -0.39 is 27.2 Å². The van der Waals surface area contributed by atoms with Crippen molar-refractivity contribution >= 4 is 21.6 Å². The van der Waals surface area contributed by atoms with Gasteiger partial charge in [0, 0.05) is 28.8 Å². The van der Waals surface area contributed by atoms with Gasteiger partial charge in [-0.2, -0.15) is 4.31 Å². The maximum absolute atomic E-state index is 12.7. The van der Waals surface area contributed by atoms with E-state index >= 15 is 0 Å². The van der Waals surface area contributed by atoms with Crippen molar-refractivity contribution < 1.29 is 52.0 Å². The summed E-state index contributed by atoms with van der Waals surface area (Å²) >= 11 is 0. The third-order valence-electron chi connectivity index (χ3n) is 5.10. The molecule has 0 bridgehead atoms. The van der Waals surface area contributed by atoms with Crippen molar-refractivity contribution in [3.05, 3.63) is 82.9 Å². The molecule has 0 aromatic heterocycles.